The summed E-state index contributed by atoms with van der Waals surface area (Å²) in [6.45, 7) is 0. The monoisotopic (exact) mass is 318 g/mol. The highest BCUT2D eigenvalue weighted by Crippen LogP contribution is 2.49. The molecule has 0 aromatic heterocycles. The lowest BCUT2D eigenvalue weighted by Gasteiger charge is -2.27. The maximum absolute atomic E-state index is 12.3. The Bertz CT molecular complexity index is 798. The van der Waals surface area contributed by atoms with Crippen LogP contribution in [0.25, 0.3) is 0 Å². The molecule has 2 aromatic carbocycles. The molecule has 1 unspecified atom stereocenters. The van der Waals surface area contributed by atoms with Gasteiger partial charge in [0.05, 0.1) is 13.5 Å². The number of carbonyl (C=O) groups excluding carboxylic acids is 1. The molecule has 0 saturated carbocycles. The SMILES string of the molecule is COc1c(O)cc2c(c1O)C(=O)CC(c1cc(O)ccc1O)O2. The summed E-state index contributed by atoms with van der Waals surface area (Å²) >= 11 is 0. The maximum atomic E-state index is 12.3. The Morgan fingerprint density at radius 3 is 2.57 bits per heavy atom. The van der Waals surface area contributed by atoms with Crippen molar-refractivity contribution in [3.63, 3.8) is 0 Å². The van der Waals surface area contributed by atoms with E-state index in [1.54, 1.807) is 0 Å². The zero-order valence-electron chi connectivity index (χ0n) is 12.1. The molecule has 23 heavy (non-hydrogen) atoms. The number of rotatable bonds is 2. The summed E-state index contributed by atoms with van der Waals surface area (Å²) in [5, 5.41) is 39.3. The van der Waals surface area contributed by atoms with E-state index in [1.807, 2.05) is 0 Å². The van der Waals surface area contributed by atoms with Crippen LogP contribution in [0.5, 0.6) is 34.5 Å². The van der Waals surface area contributed by atoms with Crippen LogP contribution in [0.3, 0.4) is 0 Å². The van der Waals surface area contributed by atoms with Gasteiger partial charge in [-0.15, -0.1) is 0 Å². The molecule has 1 atom stereocenters. The summed E-state index contributed by atoms with van der Waals surface area (Å²) in [7, 11) is 1.25. The second kappa shape index (κ2) is 5.28. The van der Waals surface area contributed by atoms with Crippen LogP contribution < -0.4 is 9.47 Å². The van der Waals surface area contributed by atoms with Crippen LogP contribution in [-0.4, -0.2) is 33.3 Å². The van der Waals surface area contributed by atoms with Crippen molar-refractivity contribution >= 4 is 5.78 Å². The van der Waals surface area contributed by atoms with E-state index in [2.05, 4.69) is 0 Å². The minimum atomic E-state index is -0.853. The van der Waals surface area contributed by atoms with Gasteiger partial charge >= 0.3 is 0 Å². The zero-order valence-corrected chi connectivity index (χ0v) is 12.1. The largest absolute Gasteiger partial charge is 0.508 e. The average molecular weight is 318 g/mol. The molecule has 0 radical (unpaired) electrons. The van der Waals surface area contributed by atoms with Gasteiger partial charge in [0.1, 0.15) is 28.9 Å². The van der Waals surface area contributed by atoms with Crippen molar-refractivity contribution in [1.29, 1.82) is 0 Å². The van der Waals surface area contributed by atoms with Gasteiger partial charge in [-0.25, -0.2) is 0 Å². The molecule has 3 rings (SSSR count). The Morgan fingerprint density at radius 2 is 1.87 bits per heavy atom. The van der Waals surface area contributed by atoms with E-state index in [1.165, 1.54) is 25.3 Å². The van der Waals surface area contributed by atoms with Crippen molar-refractivity contribution < 1.29 is 34.7 Å². The number of ether oxygens (including phenoxy) is 2. The molecule has 0 aliphatic carbocycles. The smallest absolute Gasteiger partial charge is 0.203 e. The third-order valence-corrected chi connectivity index (χ3v) is 3.68. The number of aromatic hydroxyl groups is 4. The third kappa shape index (κ3) is 2.36. The van der Waals surface area contributed by atoms with E-state index in [9.17, 15) is 25.2 Å². The van der Waals surface area contributed by atoms with E-state index < -0.39 is 17.6 Å². The van der Waals surface area contributed by atoms with E-state index in [0.717, 1.165) is 6.07 Å². The number of fused-ring (bicyclic) bond motifs is 1. The molecule has 0 saturated heterocycles. The number of Topliss-reactive ketones (excluding diaryl/α,β-unsaturated/α-hetero) is 1. The molecule has 4 N–H and O–H groups in total. The number of carbonyl (C=O) groups is 1. The maximum Gasteiger partial charge on any atom is 0.203 e. The van der Waals surface area contributed by atoms with Gasteiger partial charge in [-0.1, -0.05) is 0 Å². The van der Waals surface area contributed by atoms with Gasteiger partial charge in [0.2, 0.25) is 5.75 Å². The molecule has 120 valence electrons. The number of hydrogen-bond donors (Lipinski definition) is 4. The quantitative estimate of drug-likeness (QED) is 0.627. The first-order chi connectivity index (χ1) is 10.9. The lowest BCUT2D eigenvalue weighted by molar-refractivity contribution is 0.0840. The van der Waals surface area contributed by atoms with E-state index in [0.29, 0.717) is 0 Å². The summed E-state index contributed by atoms with van der Waals surface area (Å²) in [5.41, 5.74) is 0.148. The Balaban J connectivity index is 2.08. The fraction of sp³-hybridized carbons (Fsp3) is 0.188. The van der Waals surface area contributed by atoms with Crippen molar-refractivity contribution in [3.05, 3.63) is 35.4 Å². The summed E-state index contributed by atoms with van der Waals surface area (Å²) in [6, 6.07) is 5.05. The van der Waals surface area contributed by atoms with Crippen LogP contribution in [0.4, 0.5) is 0 Å². The van der Waals surface area contributed by atoms with Gasteiger partial charge in [0, 0.05) is 11.6 Å². The Morgan fingerprint density at radius 1 is 1.13 bits per heavy atom. The van der Waals surface area contributed by atoms with Crippen LogP contribution in [-0.2, 0) is 0 Å². The molecule has 0 bridgehead atoms. The summed E-state index contributed by atoms with van der Waals surface area (Å²) in [4.78, 5) is 12.3. The fourth-order valence-electron chi connectivity index (χ4n) is 2.62. The van der Waals surface area contributed by atoms with Gasteiger partial charge in [-0.05, 0) is 18.2 Å². The zero-order chi connectivity index (χ0) is 16.7. The lowest BCUT2D eigenvalue weighted by Crippen LogP contribution is -2.20. The van der Waals surface area contributed by atoms with Gasteiger partial charge in [0.15, 0.2) is 17.3 Å². The Labute approximate surface area is 131 Å². The number of phenolic OH excluding ortho intramolecular Hbond substituents is 4. The molecule has 0 fully saturated rings. The highest BCUT2D eigenvalue weighted by Gasteiger charge is 2.34. The number of methoxy groups -OCH3 is 1. The molecule has 0 spiro atoms. The normalized spacial score (nSPS) is 16.6. The number of phenols is 4. The molecule has 1 heterocycles. The molecule has 7 nitrogen and oxygen atoms in total. The predicted molar refractivity (Wildman–Crippen MR) is 78.4 cm³/mol. The number of ketones is 1. The first-order valence-electron chi connectivity index (χ1n) is 6.77. The van der Waals surface area contributed by atoms with Crippen LogP contribution in [0.15, 0.2) is 24.3 Å². The van der Waals surface area contributed by atoms with Crippen molar-refractivity contribution in [2.24, 2.45) is 0 Å². The Kier molecular flexibility index (Phi) is 3.40. The molecule has 2 aromatic rings. The van der Waals surface area contributed by atoms with E-state index >= 15 is 0 Å². The first-order valence-corrected chi connectivity index (χ1v) is 6.77. The van der Waals surface area contributed by atoms with Crippen molar-refractivity contribution in [2.75, 3.05) is 7.11 Å². The van der Waals surface area contributed by atoms with Gasteiger partial charge in [-0.3, -0.25) is 4.79 Å². The topological polar surface area (TPSA) is 116 Å². The van der Waals surface area contributed by atoms with E-state index in [4.69, 9.17) is 9.47 Å². The van der Waals surface area contributed by atoms with Crippen LogP contribution in [0.1, 0.15) is 28.4 Å². The standard InChI is InChI=1S/C16H14O7/c1-22-16-11(20)6-13-14(15(16)21)10(19)5-12(23-13)8-4-7(17)2-3-9(8)18/h2-4,6,12,17-18,20-21H,5H2,1H3. The van der Waals surface area contributed by atoms with Crippen molar-refractivity contribution in [1.82, 2.24) is 0 Å². The predicted octanol–water partition coefficient (Wildman–Crippen LogP) is 2.22. The summed E-state index contributed by atoms with van der Waals surface area (Å²) in [5.74, 6) is -1.76. The minimum Gasteiger partial charge on any atom is -0.508 e. The van der Waals surface area contributed by atoms with E-state index in [-0.39, 0.29) is 46.3 Å². The van der Waals surface area contributed by atoms with Gasteiger partial charge in [-0.2, -0.15) is 0 Å². The van der Waals surface area contributed by atoms with Crippen molar-refractivity contribution in [2.45, 2.75) is 12.5 Å². The minimum absolute atomic E-state index is 0.0233. The van der Waals surface area contributed by atoms with Crippen LogP contribution in [0.2, 0.25) is 0 Å². The molecule has 7 heteroatoms. The number of benzene rings is 2. The number of hydrogen-bond acceptors (Lipinski definition) is 7. The van der Waals surface area contributed by atoms with Crippen molar-refractivity contribution in [3.8, 4) is 34.5 Å². The fourth-order valence-corrected chi connectivity index (χ4v) is 2.62. The lowest BCUT2D eigenvalue weighted by atomic mass is 9.94. The summed E-state index contributed by atoms with van der Waals surface area (Å²) < 4.78 is 10.5. The van der Waals surface area contributed by atoms with Crippen LogP contribution >= 0.6 is 0 Å². The molecular weight excluding hydrogens is 304 g/mol. The first kappa shape index (κ1) is 14.8. The Hall–Kier alpha value is -3.09. The second-order valence-corrected chi connectivity index (χ2v) is 5.13. The molecule has 1 aliphatic heterocycles. The van der Waals surface area contributed by atoms with Gasteiger partial charge < -0.3 is 29.9 Å². The third-order valence-electron chi connectivity index (χ3n) is 3.68. The van der Waals surface area contributed by atoms with Gasteiger partial charge in [0.25, 0.3) is 0 Å². The molecule has 0 amide bonds. The van der Waals surface area contributed by atoms with Crippen LogP contribution in [0, 0.1) is 0 Å². The highest BCUT2D eigenvalue weighted by atomic mass is 16.5. The average Bonchev–Trinajstić information content (AvgIpc) is 2.49. The summed E-state index contributed by atoms with van der Waals surface area (Å²) in [6.07, 6.45) is -1.000. The second-order valence-electron chi connectivity index (χ2n) is 5.13. The molecular formula is C16H14O7. The highest BCUT2D eigenvalue weighted by molar-refractivity contribution is 6.03. The molecule has 1 aliphatic rings.